The lowest BCUT2D eigenvalue weighted by Gasteiger charge is -2.12. The SMILES string of the molecule is CCOC(=O)c1nnc(Oc2cccc(N(C)C)c2)s1. The second-order valence-corrected chi connectivity index (χ2v) is 5.03. The molecule has 0 saturated carbocycles. The second kappa shape index (κ2) is 6.33. The third-order valence-corrected chi connectivity index (χ3v) is 3.18. The van der Waals surface area contributed by atoms with Gasteiger partial charge < -0.3 is 14.4 Å². The average molecular weight is 293 g/mol. The highest BCUT2D eigenvalue weighted by atomic mass is 32.1. The van der Waals surface area contributed by atoms with Gasteiger partial charge in [-0.25, -0.2) is 4.79 Å². The Morgan fingerprint density at radius 2 is 2.15 bits per heavy atom. The Kier molecular flexibility index (Phi) is 4.52. The van der Waals surface area contributed by atoms with E-state index in [9.17, 15) is 4.79 Å². The molecule has 0 N–H and O–H groups in total. The van der Waals surface area contributed by atoms with Crippen molar-refractivity contribution in [1.29, 1.82) is 0 Å². The predicted octanol–water partition coefficient (Wildman–Crippen LogP) is 2.57. The maximum atomic E-state index is 11.5. The van der Waals surface area contributed by atoms with Crippen LogP contribution in [0.2, 0.25) is 0 Å². The molecule has 0 fully saturated rings. The molecule has 2 aromatic rings. The number of ether oxygens (including phenoxy) is 2. The monoisotopic (exact) mass is 293 g/mol. The largest absolute Gasteiger partial charge is 0.461 e. The Balaban J connectivity index is 2.10. The van der Waals surface area contributed by atoms with Crippen molar-refractivity contribution in [3.8, 4) is 10.9 Å². The summed E-state index contributed by atoms with van der Waals surface area (Å²) in [6.45, 7) is 2.04. The van der Waals surface area contributed by atoms with E-state index in [0.717, 1.165) is 17.0 Å². The van der Waals surface area contributed by atoms with Crippen LogP contribution in [0.25, 0.3) is 0 Å². The molecular weight excluding hydrogens is 278 g/mol. The Labute approximate surface area is 121 Å². The van der Waals surface area contributed by atoms with Crippen molar-refractivity contribution in [1.82, 2.24) is 10.2 Å². The lowest BCUT2D eigenvalue weighted by Crippen LogP contribution is -2.08. The molecule has 1 aromatic heterocycles. The number of aromatic nitrogens is 2. The van der Waals surface area contributed by atoms with E-state index in [0.29, 0.717) is 17.6 Å². The minimum absolute atomic E-state index is 0.186. The number of nitrogens with zero attached hydrogens (tertiary/aromatic N) is 3. The van der Waals surface area contributed by atoms with Gasteiger partial charge in [0.1, 0.15) is 5.75 Å². The van der Waals surface area contributed by atoms with Gasteiger partial charge in [0.05, 0.1) is 6.61 Å². The molecule has 106 valence electrons. The maximum Gasteiger partial charge on any atom is 0.369 e. The highest BCUT2D eigenvalue weighted by Gasteiger charge is 2.15. The molecule has 1 heterocycles. The molecule has 0 aliphatic heterocycles. The van der Waals surface area contributed by atoms with Crippen LogP contribution in [0.15, 0.2) is 24.3 Å². The summed E-state index contributed by atoms with van der Waals surface area (Å²) in [7, 11) is 3.89. The van der Waals surface area contributed by atoms with E-state index in [-0.39, 0.29) is 5.01 Å². The zero-order chi connectivity index (χ0) is 14.5. The summed E-state index contributed by atoms with van der Waals surface area (Å²) in [6.07, 6.45) is 0. The molecule has 0 bridgehead atoms. The third kappa shape index (κ3) is 3.45. The minimum Gasteiger partial charge on any atom is -0.461 e. The highest BCUT2D eigenvalue weighted by Crippen LogP contribution is 2.27. The Morgan fingerprint density at radius 1 is 1.35 bits per heavy atom. The Morgan fingerprint density at radius 3 is 2.85 bits per heavy atom. The molecule has 0 radical (unpaired) electrons. The van der Waals surface area contributed by atoms with Gasteiger partial charge in [-0.2, -0.15) is 0 Å². The number of carbonyl (C=O) groups is 1. The molecule has 0 saturated heterocycles. The highest BCUT2D eigenvalue weighted by molar-refractivity contribution is 7.14. The van der Waals surface area contributed by atoms with Crippen LogP contribution in [-0.4, -0.2) is 36.9 Å². The van der Waals surface area contributed by atoms with Gasteiger partial charge in [-0.05, 0) is 30.4 Å². The standard InChI is InChI=1S/C13H15N3O3S/c1-4-18-12(17)11-14-15-13(20-11)19-10-7-5-6-9(8-10)16(2)3/h5-8H,4H2,1-3H3. The first kappa shape index (κ1) is 14.3. The van der Waals surface area contributed by atoms with Gasteiger partial charge in [0.25, 0.3) is 5.19 Å². The maximum absolute atomic E-state index is 11.5. The molecule has 1 aromatic carbocycles. The fourth-order valence-electron chi connectivity index (χ4n) is 1.45. The van der Waals surface area contributed by atoms with E-state index >= 15 is 0 Å². The van der Waals surface area contributed by atoms with E-state index in [1.54, 1.807) is 6.92 Å². The van der Waals surface area contributed by atoms with Crippen LogP contribution >= 0.6 is 11.3 Å². The van der Waals surface area contributed by atoms with Gasteiger partial charge in [0.2, 0.25) is 5.01 Å². The van der Waals surface area contributed by atoms with Crippen LogP contribution in [0.3, 0.4) is 0 Å². The van der Waals surface area contributed by atoms with Crippen LogP contribution in [0.4, 0.5) is 5.69 Å². The summed E-state index contributed by atoms with van der Waals surface area (Å²) >= 11 is 1.06. The average Bonchev–Trinajstić information content (AvgIpc) is 2.88. The fraction of sp³-hybridized carbons (Fsp3) is 0.308. The quantitative estimate of drug-likeness (QED) is 0.789. The molecule has 6 nitrogen and oxygen atoms in total. The van der Waals surface area contributed by atoms with Gasteiger partial charge in [-0.15, -0.1) is 5.10 Å². The minimum atomic E-state index is -0.484. The normalized spacial score (nSPS) is 10.2. The molecule has 0 spiro atoms. The number of anilines is 1. The zero-order valence-electron chi connectivity index (χ0n) is 11.5. The summed E-state index contributed by atoms with van der Waals surface area (Å²) in [5.74, 6) is 0.157. The van der Waals surface area contributed by atoms with E-state index in [4.69, 9.17) is 9.47 Å². The molecule has 7 heteroatoms. The molecule has 0 aliphatic carbocycles. The van der Waals surface area contributed by atoms with Gasteiger partial charge in [-0.1, -0.05) is 11.2 Å². The Bertz CT molecular complexity index is 598. The van der Waals surface area contributed by atoms with Crippen molar-refractivity contribution in [2.24, 2.45) is 0 Å². The third-order valence-electron chi connectivity index (χ3n) is 2.40. The van der Waals surface area contributed by atoms with Crippen LogP contribution in [-0.2, 0) is 4.74 Å². The van der Waals surface area contributed by atoms with Gasteiger partial charge in [-0.3, -0.25) is 0 Å². The molecule has 0 aliphatic rings. The first-order valence-electron chi connectivity index (χ1n) is 6.06. The van der Waals surface area contributed by atoms with E-state index in [1.807, 2.05) is 43.3 Å². The van der Waals surface area contributed by atoms with Crippen molar-refractivity contribution in [2.75, 3.05) is 25.6 Å². The van der Waals surface area contributed by atoms with Crippen molar-refractivity contribution >= 4 is 23.0 Å². The summed E-state index contributed by atoms with van der Waals surface area (Å²) < 4.78 is 10.4. The first-order valence-corrected chi connectivity index (χ1v) is 6.87. The Hall–Kier alpha value is -2.15. The molecule has 0 atom stereocenters. The first-order chi connectivity index (χ1) is 9.60. The van der Waals surface area contributed by atoms with Gasteiger partial charge >= 0.3 is 5.97 Å². The van der Waals surface area contributed by atoms with Crippen LogP contribution in [0.1, 0.15) is 16.7 Å². The van der Waals surface area contributed by atoms with Gasteiger partial charge in [0.15, 0.2) is 0 Å². The number of hydrogen-bond donors (Lipinski definition) is 0. The summed E-state index contributed by atoms with van der Waals surface area (Å²) in [5, 5.41) is 8.06. The summed E-state index contributed by atoms with van der Waals surface area (Å²) in [5.41, 5.74) is 1.01. The van der Waals surface area contributed by atoms with E-state index < -0.39 is 5.97 Å². The molecule has 20 heavy (non-hydrogen) atoms. The molecule has 0 unspecified atom stereocenters. The summed E-state index contributed by atoms with van der Waals surface area (Å²) in [4.78, 5) is 13.4. The van der Waals surface area contributed by atoms with Crippen LogP contribution < -0.4 is 9.64 Å². The molecule has 2 rings (SSSR count). The van der Waals surface area contributed by atoms with Crippen molar-refractivity contribution in [2.45, 2.75) is 6.92 Å². The van der Waals surface area contributed by atoms with Crippen molar-refractivity contribution in [3.05, 3.63) is 29.3 Å². The number of carbonyl (C=O) groups excluding carboxylic acids is 1. The lowest BCUT2D eigenvalue weighted by atomic mass is 10.3. The fourth-order valence-corrected chi connectivity index (χ4v) is 2.06. The van der Waals surface area contributed by atoms with Crippen LogP contribution in [0.5, 0.6) is 10.9 Å². The topological polar surface area (TPSA) is 64.5 Å². The summed E-state index contributed by atoms with van der Waals surface area (Å²) in [6, 6.07) is 7.55. The van der Waals surface area contributed by atoms with E-state index in [1.165, 1.54) is 0 Å². The van der Waals surface area contributed by atoms with Crippen molar-refractivity contribution < 1.29 is 14.3 Å². The smallest absolute Gasteiger partial charge is 0.369 e. The van der Waals surface area contributed by atoms with Gasteiger partial charge in [0, 0.05) is 25.8 Å². The number of esters is 1. The number of rotatable bonds is 5. The molecular formula is C13H15N3O3S. The van der Waals surface area contributed by atoms with Crippen LogP contribution in [0, 0.1) is 0 Å². The number of hydrogen-bond acceptors (Lipinski definition) is 7. The van der Waals surface area contributed by atoms with Crippen molar-refractivity contribution in [3.63, 3.8) is 0 Å². The predicted molar refractivity (Wildman–Crippen MR) is 76.7 cm³/mol. The zero-order valence-corrected chi connectivity index (χ0v) is 12.3. The number of benzene rings is 1. The molecule has 0 amide bonds. The van der Waals surface area contributed by atoms with E-state index in [2.05, 4.69) is 10.2 Å². The lowest BCUT2D eigenvalue weighted by molar-refractivity contribution is 0.0525. The second-order valence-electron chi connectivity index (χ2n) is 4.09.